The van der Waals surface area contributed by atoms with Gasteiger partial charge in [0.1, 0.15) is 13.2 Å². The van der Waals surface area contributed by atoms with E-state index in [4.69, 9.17) is 26.2 Å². The molecule has 2 atom stereocenters. The second kappa shape index (κ2) is 3.82. The van der Waals surface area contributed by atoms with Crippen LogP contribution in [0.3, 0.4) is 0 Å². The van der Waals surface area contributed by atoms with E-state index in [-0.39, 0.29) is 6.61 Å². The lowest BCUT2D eigenvalue weighted by atomic mass is 10.1. The van der Waals surface area contributed by atoms with Crippen LogP contribution in [-0.2, 0) is 0 Å². The molecule has 86 valence electrons. The highest BCUT2D eigenvalue weighted by Crippen LogP contribution is 2.50. The van der Waals surface area contributed by atoms with Crippen molar-refractivity contribution in [2.75, 3.05) is 19.8 Å². The number of aliphatic hydroxyl groups excluding tert-OH is 1. The predicted molar refractivity (Wildman–Crippen MR) is 60.4 cm³/mol. The van der Waals surface area contributed by atoms with Crippen LogP contribution in [0.5, 0.6) is 11.5 Å². The molecule has 1 saturated carbocycles. The van der Waals surface area contributed by atoms with Crippen LogP contribution in [0, 0.1) is 5.92 Å². The van der Waals surface area contributed by atoms with Crippen LogP contribution in [0.25, 0.3) is 0 Å². The van der Waals surface area contributed by atoms with E-state index in [0.717, 1.165) is 17.7 Å². The van der Waals surface area contributed by atoms with Gasteiger partial charge in [-0.1, -0.05) is 11.6 Å². The SMILES string of the molecule is OCC1CC1c1cc(Cl)c2c(c1)OCCO2. The molecule has 1 N–H and O–H groups in total. The molecule has 16 heavy (non-hydrogen) atoms. The molecule has 1 fully saturated rings. The average molecular weight is 241 g/mol. The highest BCUT2D eigenvalue weighted by atomic mass is 35.5. The fourth-order valence-electron chi connectivity index (χ4n) is 2.20. The largest absolute Gasteiger partial charge is 0.486 e. The summed E-state index contributed by atoms with van der Waals surface area (Å²) in [6, 6.07) is 3.91. The Morgan fingerprint density at radius 2 is 2.12 bits per heavy atom. The third-order valence-electron chi connectivity index (χ3n) is 3.20. The topological polar surface area (TPSA) is 38.7 Å². The van der Waals surface area contributed by atoms with Gasteiger partial charge < -0.3 is 14.6 Å². The van der Waals surface area contributed by atoms with Gasteiger partial charge in [-0.2, -0.15) is 0 Å². The Hall–Kier alpha value is -0.930. The maximum Gasteiger partial charge on any atom is 0.179 e. The van der Waals surface area contributed by atoms with Crippen molar-refractivity contribution < 1.29 is 14.6 Å². The lowest BCUT2D eigenvalue weighted by molar-refractivity contribution is 0.171. The molecule has 0 amide bonds. The molecular formula is C12H13ClO3. The van der Waals surface area contributed by atoms with E-state index in [1.54, 1.807) is 0 Å². The third-order valence-corrected chi connectivity index (χ3v) is 3.49. The van der Waals surface area contributed by atoms with E-state index in [1.807, 2.05) is 12.1 Å². The number of benzene rings is 1. The molecule has 0 aromatic heterocycles. The Bertz CT molecular complexity index is 419. The lowest BCUT2D eigenvalue weighted by Gasteiger charge is -2.20. The van der Waals surface area contributed by atoms with Crippen molar-refractivity contribution in [1.82, 2.24) is 0 Å². The zero-order chi connectivity index (χ0) is 11.1. The van der Waals surface area contributed by atoms with Crippen molar-refractivity contribution in [3.05, 3.63) is 22.7 Å². The van der Waals surface area contributed by atoms with E-state index >= 15 is 0 Å². The van der Waals surface area contributed by atoms with Crippen LogP contribution in [0.2, 0.25) is 5.02 Å². The molecule has 2 unspecified atom stereocenters. The molecular weight excluding hydrogens is 228 g/mol. The number of fused-ring (bicyclic) bond motifs is 1. The zero-order valence-electron chi connectivity index (χ0n) is 8.78. The Labute approximate surface area is 98.9 Å². The van der Waals surface area contributed by atoms with Crippen molar-refractivity contribution in [1.29, 1.82) is 0 Å². The van der Waals surface area contributed by atoms with Crippen LogP contribution in [0.1, 0.15) is 17.9 Å². The van der Waals surface area contributed by atoms with Crippen LogP contribution < -0.4 is 9.47 Å². The summed E-state index contributed by atoms with van der Waals surface area (Å²) in [6.07, 6.45) is 1.03. The first-order chi connectivity index (χ1) is 7.79. The van der Waals surface area contributed by atoms with Crippen molar-refractivity contribution >= 4 is 11.6 Å². The minimum atomic E-state index is 0.247. The molecule has 4 heteroatoms. The number of rotatable bonds is 2. The molecule has 1 heterocycles. The summed E-state index contributed by atoms with van der Waals surface area (Å²) >= 11 is 6.14. The van der Waals surface area contributed by atoms with Gasteiger partial charge in [0, 0.05) is 6.61 Å². The fourth-order valence-corrected chi connectivity index (χ4v) is 2.48. The molecule has 3 rings (SSSR count). The van der Waals surface area contributed by atoms with Gasteiger partial charge in [-0.05, 0) is 36.0 Å². The normalized spacial score (nSPS) is 26.6. The van der Waals surface area contributed by atoms with Crippen LogP contribution in [0.15, 0.2) is 12.1 Å². The van der Waals surface area contributed by atoms with Crippen molar-refractivity contribution in [2.24, 2.45) is 5.92 Å². The van der Waals surface area contributed by atoms with Gasteiger partial charge in [0.15, 0.2) is 11.5 Å². The summed E-state index contributed by atoms with van der Waals surface area (Å²) < 4.78 is 11.0. The van der Waals surface area contributed by atoms with Gasteiger partial charge in [-0.15, -0.1) is 0 Å². The van der Waals surface area contributed by atoms with Gasteiger partial charge in [0.2, 0.25) is 0 Å². The maximum atomic E-state index is 9.06. The molecule has 0 saturated heterocycles. The summed E-state index contributed by atoms with van der Waals surface area (Å²) in [4.78, 5) is 0. The second-order valence-corrected chi connectivity index (χ2v) is 4.72. The molecule has 1 aliphatic heterocycles. The zero-order valence-corrected chi connectivity index (χ0v) is 9.54. The predicted octanol–water partition coefficient (Wildman–Crippen LogP) is 2.21. The third kappa shape index (κ3) is 1.64. The summed E-state index contributed by atoms with van der Waals surface area (Å²) in [7, 11) is 0. The average Bonchev–Trinajstić information content (AvgIpc) is 3.08. The van der Waals surface area contributed by atoms with Gasteiger partial charge in [-0.25, -0.2) is 0 Å². The molecule has 0 radical (unpaired) electrons. The van der Waals surface area contributed by atoms with Gasteiger partial charge in [0.05, 0.1) is 5.02 Å². The van der Waals surface area contributed by atoms with Gasteiger partial charge >= 0.3 is 0 Å². The highest BCUT2D eigenvalue weighted by molar-refractivity contribution is 6.32. The van der Waals surface area contributed by atoms with E-state index in [2.05, 4.69) is 0 Å². The second-order valence-electron chi connectivity index (χ2n) is 4.31. The number of hydrogen-bond acceptors (Lipinski definition) is 3. The molecule has 3 nitrogen and oxygen atoms in total. The van der Waals surface area contributed by atoms with Crippen molar-refractivity contribution in [3.8, 4) is 11.5 Å². The first-order valence-electron chi connectivity index (χ1n) is 5.49. The molecule has 0 bridgehead atoms. The quantitative estimate of drug-likeness (QED) is 0.862. The van der Waals surface area contributed by atoms with Gasteiger partial charge in [-0.3, -0.25) is 0 Å². The van der Waals surface area contributed by atoms with Crippen LogP contribution in [-0.4, -0.2) is 24.9 Å². The molecule has 1 aromatic carbocycles. The van der Waals surface area contributed by atoms with E-state index < -0.39 is 0 Å². The molecule has 0 spiro atoms. The molecule has 1 aromatic rings. The maximum absolute atomic E-state index is 9.06. The first-order valence-corrected chi connectivity index (χ1v) is 5.87. The monoisotopic (exact) mass is 240 g/mol. The molecule has 2 aliphatic rings. The lowest BCUT2D eigenvalue weighted by Crippen LogP contribution is -2.15. The first kappa shape index (κ1) is 10.2. The summed E-state index contributed by atoms with van der Waals surface area (Å²) in [5.74, 6) is 2.20. The van der Waals surface area contributed by atoms with E-state index in [1.165, 1.54) is 0 Å². The minimum absolute atomic E-state index is 0.247. The van der Waals surface area contributed by atoms with Crippen molar-refractivity contribution in [2.45, 2.75) is 12.3 Å². The number of halogens is 1. The Balaban J connectivity index is 1.93. The number of ether oxygens (including phenoxy) is 2. The summed E-state index contributed by atoms with van der Waals surface area (Å²) in [6.45, 7) is 1.37. The highest BCUT2D eigenvalue weighted by Gasteiger charge is 2.38. The summed E-state index contributed by atoms with van der Waals surface area (Å²) in [5, 5.41) is 9.66. The van der Waals surface area contributed by atoms with E-state index in [0.29, 0.717) is 35.8 Å². The fraction of sp³-hybridized carbons (Fsp3) is 0.500. The van der Waals surface area contributed by atoms with E-state index in [9.17, 15) is 0 Å². The Morgan fingerprint density at radius 1 is 1.31 bits per heavy atom. The molecule has 1 aliphatic carbocycles. The van der Waals surface area contributed by atoms with Gasteiger partial charge in [0.25, 0.3) is 0 Å². The van der Waals surface area contributed by atoms with Crippen molar-refractivity contribution in [3.63, 3.8) is 0 Å². The minimum Gasteiger partial charge on any atom is -0.486 e. The number of aliphatic hydroxyl groups is 1. The van der Waals surface area contributed by atoms with Crippen LogP contribution in [0.4, 0.5) is 0 Å². The Kier molecular flexibility index (Phi) is 2.45. The summed E-state index contributed by atoms with van der Waals surface area (Å²) in [5.41, 5.74) is 1.15. The Morgan fingerprint density at radius 3 is 2.88 bits per heavy atom. The smallest absolute Gasteiger partial charge is 0.179 e. The van der Waals surface area contributed by atoms with Crippen LogP contribution >= 0.6 is 11.6 Å². The standard InChI is InChI=1S/C12H13ClO3/c13-10-4-7(9-3-8(9)6-14)5-11-12(10)16-2-1-15-11/h4-5,8-9,14H,1-3,6H2. The number of hydrogen-bond donors (Lipinski definition) is 1.